The number of benzene rings is 1. The van der Waals surface area contributed by atoms with Crippen LogP contribution >= 0.6 is 0 Å². The minimum Gasteiger partial charge on any atom is -0.317 e. The molecule has 0 amide bonds. The highest BCUT2D eigenvalue weighted by atomic mass is 14.9. The predicted octanol–water partition coefficient (Wildman–Crippen LogP) is 3.58. The number of rotatable bonds is 4. The first-order chi connectivity index (χ1) is 8.65. The second-order valence-corrected chi connectivity index (χ2v) is 5.26. The summed E-state index contributed by atoms with van der Waals surface area (Å²) in [5.41, 5.74) is 2.49. The van der Waals surface area contributed by atoms with E-state index in [4.69, 9.17) is 0 Å². The molecule has 0 bridgehead atoms. The summed E-state index contributed by atoms with van der Waals surface area (Å²) in [6.07, 6.45) is 1.93. The van der Waals surface area contributed by atoms with Crippen LogP contribution in [0.25, 0.3) is 10.9 Å². The molecule has 0 aliphatic carbocycles. The van der Waals surface area contributed by atoms with Crippen molar-refractivity contribution in [3.63, 3.8) is 0 Å². The molecule has 1 heterocycles. The first kappa shape index (κ1) is 13.0. The minimum atomic E-state index is 0.454. The molecule has 0 saturated carbocycles. The van der Waals surface area contributed by atoms with Crippen molar-refractivity contribution in [1.29, 1.82) is 0 Å². The molecule has 2 aromatic rings. The molecular formula is C16H22N2. The van der Waals surface area contributed by atoms with Gasteiger partial charge in [0.15, 0.2) is 0 Å². The Morgan fingerprint density at radius 1 is 1.06 bits per heavy atom. The fourth-order valence-corrected chi connectivity index (χ4v) is 2.79. The average Bonchev–Trinajstić information content (AvgIpc) is 2.38. The third kappa shape index (κ3) is 2.39. The lowest BCUT2D eigenvalue weighted by molar-refractivity contribution is 0.397. The maximum absolute atomic E-state index is 4.45. The molecule has 96 valence electrons. The number of hydrogen-bond acceptors (Lipinski definition) is 2. The van der Waals surface area contributed by atoms with Gasteiger partial charge in [-0.25, -0.2) is 0 Å². The van der Waals surface area contributed by atoms with Crippen LogP contribution in [0.1, 0.15) is 32.3 Å². The van der Waals surface area contributed by atoms with Crippen LogP contribution in [0.15, 0.2) is 36.5 Å². The Morgan fingerprint density at radius 2 is 1.78 bits per heavy atom. The molecule has 2 rings (SSSR count). The summed E-state index contributed by atoms with van der Waals surface area (Å²) in [5.74, 6) is 1.10. The van der Waals surface area contributed by atoms with E-state index in [0.717, 1.165) is 5.52 Å². The van der Waals surface area contributed by atoms with Gasteiger partial charge in [-0.05, 0) is 37.6 Å². The summed E-state index contributed by atoms with van der Waals surface area (Å²) in [6, 6.07) is 11.0. The van der Waals surface area contributed by atoms with Gasteiger partial charge in [0, 0.05) is 23.5 Å². The fourth-order valence-electron chi connectivity index (χ4n) is 2.79. The van der Waals surface area contributed by atoms with Crippen LogP contribution in [0.4, 0.5) is 0 Å². The normalized spacial score (nSPS) is 14.9. The van der Waals surface area contributed by atoms with Gasteiger partial charge < -0.3 is 5.32 Å². The van der Waals surface area contributed by atoms with Gasteiger partial charge >= 0.3 is 0 Å². The lowest BCUT2D eigenvalue weighted by atomic mass is 9.82. The van der Waals surface area contributed by atoms with Crippen molar-refractivity contribution in [2.24, 2.45) is 5.92 Å². The van der Waals surface area contributed by atoms with Crippen LogP contribution in [0.3, 0.4) is 0 Å². The van der Waals surface area contributed by atoms with Crippen molar-refractivity contribution in [1.82, 2.24) is 10.3 Å². The maximum Gasteiger partial charge on any atom is 0.0704 e. The molecule has 0 saturated heterocycles. The summed E-state index contributed by atoms with van der Waals surface area (Å²) in [4.78, 5) is 4.45. The van der Waals surface area contributed by atoms with E-state index in [1.165, 1.54) is 10.9 Å². The van der Waals surface area contributed by atoms with Gasteiger partial charge in [0.2, 0.25) is 0 Å². The van der Waals surface area contributed by atoms with E-state index in [0.29, 0.717) is 17.9 Å². The standard InChI is InChI=1S/C16H22N2/c1-11(2)16(12(3)17-4)14-9-10-18-15-8-6-5-7-13(14)15/h5-12,16-17H,1-4H3. The van der Waals surface area contributed by atoms with Crippen molar-refractivity contribution < 1.29 is 0 Å². The zero-order chi connectivity index (χ0) is 13.1. The Kier molecular flexibility index (Phi) is 3.97. The summed E-state index contributed by atoms with van der Waals surface area (Å²) in [7, 11) is 2.03. The third-order valence-corrected chi connectivity index (χ3v) is 3.75. The van der Waals surface area contributed by atoms with Crippen LogP contribution in [0.2, 0.25) is 0 Å². The maximum atomic E-state index is 4.45. The van der Waals surface area contributed by atoms with Crippen LogP contribution in [0, 0.1) is 5.92 Å². The van der Waals surface area contributed by atoms with Crippen molar-refractivity contribution in [3.05, 3.63) is 42.1 Å². The summed E-state index contributed by atoms with van der Waals surface area (Å²) in [6.45, 7) is 6.82. The molecule has 0 aliphatic heterocycles. The Labute approximate surface area is 109 Å². The monoisotopic (exact) mass is 242 g/mol. The largest absolute Gasteiger partial charge is 0.317 e. The minimum absolute atomic E-state index is 0.454. The molecule has 0 radical (unpaired) electrons. The second kappa shape index (κ2) is 5.49. The van der Waals surface area contributed by atoms with Crippen LogP contribution in [-0.4, -0.2) is 18.1 Å². The molecule has 2 unspecified atom stereocenters. The molecular weight excluding hydrogens is 220 g/mol. The highest BCUT2D eigenvalue weighted by Gasteiger charge is 2.23. The lowest BCUT2D eigenvalue weighted by Crippen LogP contribution is -2.32. The van der Waals surface area contributed by atoms with Crippen molar-refractivity contribution in [2.45, 2.75) is 32.7 Å². The van der Waals surface area contributed by atoms with Gasteiger partial charge in [-0.1, -0.05) is 32.0 Å². The number of para-hydroxylation sites is 1. The molecule has 2 nitrogen and oxygen atoms in total. The van der Waals surface area contributed by atoms with Crippen LogP contribution in [-0.2, 0) is 0 Å². The van der Waals surface area contributed by atoms with Crippen LogP contribution < -0.4 is 5.32 Å². The van der Waals surface area contributed by atoms with Gasteiger partial charge in [0.05, 0.1) is 5.52 Å². The van der Waals surface area contributed by atoms with Gasteiger partial charge in [-0.3, -0.25) is 4.98 Å². The van der Waals surface area contributed by atoms with Gasteiger partial charge in [0.1, 0.15) is 0 Å². The quantitative estimate of drug-likeness (QED) is 0.886. The highest BCUT2D eigenvalue weighted by molar-refractivity contribution is 5.82. The van der Waals surface area contributed by atoms with Gasteiger partial charge in [-0.2, -0.15) is 0 Å². The number of pyridine rings is 1. The van der Waals surface area contributed by atoms with Crippen molar-refractivity contribution in [3.8, 4) is 0 Å². The van der Waals surface area contributed by atoms with Gasteiger partial charge in [0.25, 0.3) is 0 Å². The molecule has 0 spiro atoms. The number of fused-ring (bicyclic) bond motifs is 1. The van der Waals surface area contributed by atoms with E-state index >= 15 is 0 Å². The Balaban J connectivity index is 2.57. The molecule has 2 heteroatoms. The molecule has 2 atom stereocenters. The van der Waals surface area contributed by atoms with Crippen molar-refractivity contribution >= 4 is 10.9 Å². The van der Waals surface area contributed by atoms with E-state index in [1.807, 2.05) is 19.3 Å². The zero-order valence-electron chi connectivity index (χ0n) is 11.6. The molecule has 1 aromatic carbocycles. The molecule has 0 fully saturated rings. The molecule has 0 aliphatic rings. The smallest absolute Gasteiger partial charge is 0.0704 e. The Morgan fingerprint density at radius 3 is 2.44 bits per heavy atom. The second-order valence-electron chi connectivity index (χ2n) is 5.26. The van der Waals surface area contributed by atoms with Crippen molar-refractivity contribution in [2.75, 3.05) is 7.05 Å². The number of likely N-dealkylation sites (N-methyl/N-ethyl adjacent to an activating group) is 1. The predicted molar refractivity (Wildman–Crippen MR) is 77.8 cm³/mol. The van der Waals surface area contributed by atoms with Gasteiger partial charge in [-0.15, -0.1) is 0 Å². The lowest BCUT2D eigenvalue weighted by Gasteiger charge is -2.28. The molecule has 1 N–H and O–H groups in total. The topological polar surface area (TPSA) is 24.9 Å². The van der Waals surface area contributed by atoms with E-state index in [9.17, 15) is 0 Å². The third-order valence-electron chi connectivity index (χ3n) is 3.75. The van der Waals surface area contributed by atoms with E-state index in [1.54, 1.807) is 0 Å². The number of aromatic nitrogens is 1. The Bertz CT molecular complexity index is 514. The number of nitrogens with one attached hydrogen (secondary N) is 1. The zero-order valence-corrected chi connectivity index (χ0v) is 11.6. The SMILES string of the molecule is CNC(C)C(c1ccnc2ccccc12)C(C)C. The van der Waals surface area contributed by atoms with E-state index < -0.39 is 0 Å². The van der Waals surface area contributed by atoms with E-state index in [-0.39, 0.29) is 0 Å². The summed E-state index contributed by atoms with van der Waals surface area (Å²) in [5, 5.41) is 4.67. The summed E-state index contributed by atoms with van der Waals surface area (Å²) < 4.78 is 0. The number of hydrogen-bond donors (Lipinski definition) is 1. The average molecular weight is 242 g/mol. The first-order valence-corrected chi connectivity index (χ1v) is 6.66. The highest BCUT2D eigenvalue weighted by Crippen LogP contribution is 2.32. The summed E-state index contributed by atoms with van der Waals surface area (Å²) >= 11 is 0. The Hall–Kier alpha value is -1.41. The van der Waals surface area contributed by atoms with E-state index in [2.05, 4.69) is 55.3 Å². The first-order valence-electron chi connectivity index (χ1n) is 6.66. The van der Waals surface area contributed by atoms with Crippen LogP contribution in [0.5, 0.6) is 0 Å². The number of nitrogens with zero attached hydrogens (tertiary/aromatic N) is 1. The molecule has 18 heavy (non-hydrogen) atoms. The molecule has 1 aromatic heterocycles. The fraction of sp³-hybridized carbons (Fsp3) is 0.438.